The Morgan fingerprint density at radius 1 is 1.16 bits per heavy atom. The fraction of sp³-hybridized carbons (Fsp3) is 0.625. The van der Waals surface area contributed by atoms with Crippen LogP contribution in [0.15, 0.2) is 18.6 Å². The number of aromatic amines is 1. The van der Waals surface area contributed by atoms with Crippen molar-refractivity contribution in [3.05, 3.63) is 29.8 Å². The Morgan fingerprint density at radius 2 is 1.91 bits per heavy atom. The number of imidazole rings is 1. The zero-order valence-corrected chi connectivity index (χ0v) is 19.2. The second-order valence-corrected chi connectivity index (χ2v) is 10.2. The first-order chi connectivity index (χ1) is 15.4. The monoisotopic (exact) mass is 439 g/mol. The zero-order chi connectivity index (χ0) is 22.3. The molecule has 1 saturated carbocycles. The molecule has 1 aliphatic carbocycles. The van der Waals surface area contributed by atoms with Crippen molar-refractivity contribution in [1.29, 1.82) is 0 Å². The van der Waals surface area contributed by atoms with Gasteiger partial charge < -0.3 is 19.8 Å². The Bertz CT molecular complexity index is 1100. The van der Waals surface area contributed by atoms with Gasteiger partial charge in [0.2, 0.25) is 0 Å². The van der Waals surface area contributed by atoms with Gasteiger partial charge in [0.05, 0.1) is 17.4 Å². The summed E-state index contributed by atoms with van der Waals surface area (Å²) in [6.07, 6.45) is 11.8. The first-order valence-electron chi connectivity index (χ1n) is 11.8. The summed E-state index contributed by atoms with van der Waals surface area (Å²) in [7, 11) is 0. The number of alkyl carbamates (subject to hydrolysis) is 1. The van der Waals surface area contributed by atoms with Gasteiger partial charge >= 0.3 is 6.09 Å². The molecule has 2 fully saturated rings. The molecule has 1 saturated heterocycles. The second kappa shape index (κ2) is 8.39. The Labute approximate surface area is 188 Å². The molecule has 5 rings (SSSR count). The quantitative estimate of drug-likeness (QED) is 0.619. The molecule has 2 aliphatic rings. The van der Waals surface area contributed by atoms with E-state index in [9.17, 15) is 4.79 Å². The molecule has 3 aromatic rings. The average molecular weight is 440 g/mol. The molecule has 0 aromatic carbocycles. The fourth-order valence-corrected chi connectivity index (χ4v) is 5.10. The van der Waals surface area contributed by atoms with Gasteiger partial charge in [-0.25, -0.2) is 14.8 Å². The van der Waals surface area contributed by atoms with E-state index in [1.807, 2.05) is 27.0 Å². The van der Waals surface area contributed by atoms with Crippen LogP contribution in [-0.2, 0) is 9.47 Å². The topological polar surface area (TPSA) is 93.5 Å². The average Bonchev–Trinajstić information content (AvgIpc) is 3.37. The van der Waals surface area contributed by atoms with Crippen molar-refractivity contribution >= 4 is 22.9 Å². The van der Waals surface area contributed by atoms with Crippen LogP contribution in [0, 0.1) is 0 Å². The van der Waals surface area contributed by atoms with E-state index in [1.165, 1.54) is 5.56 Å². The van der Waals surface area contributed by atoms with Crippen molar-refractivity contribution < 1.29 is 14.3 Å². The fourth-order valence-electron chi connectivity index (χ4n) is 5.10. The molecule has 32 heavy (non-hydrogen) atoms. The number of nitrogens with one attached hydrogen (secondary N) is 2. The lowest BCUT2D eigenvalue weighted by Gasteiger charge is -2.29. The summed E-state index contributed by atoms with van der Waals surface area (Å²) in [6, 6.07) is 0.163. The molecule has 0 radical (unpaired) electrons. The molecule has 3 aromatic heterocycles. The number of carbonyl (C=O) groups is 1. The third-order valence-corrected chi connectivity index (χ3v) is 6.69. The highest BCUT2D eigenvalue weighted by Crippen LogP contribution is 2.35. The molecule has 8 heteroatoms. The molecule has 172 valence electrons. The molecule has 0 unspecified atom stereocenters. The second-order valence-electron chi connectivity index (χ2n) is 10.2. The first-order valence-corrected chi connectivity index (χ1v) is 11.8. The Kier molecular flexibility index (Phi) is 5.57. The highest BCUT2D eigenvalue weighted by Gasteiger charge is 2.28. The number of H-pyrrole nitrogens is 1. The Balaban J connectivity index is 1.32. The van der Waals surface area contributed by atoms with E-state index >= 15 is 0 Å². The SMILES string of the molecule is CC(C)(C)OC(=O)NC1CCC(c2cn3c(cnc4[nH]cc(C5CCOCC5)c43)n2)CC1. The standard InChI is InChI=1S/C24H33N5O3/c1-24(2,3)32-23(30)27-17-6-4-16(5-7-17)19-14-29-20(28-19)13-26-22-21(29)18(12-25-22)15-8-10-31-11-9-15/h12-17,25H,4-11H2,1-3H3,(H,27,30). The lowest BCUT2D eigenvalue weighted by Crippen LogP contribution is -2.40. The lowest BCUT2D eigenvalue weighted by atomic mass is 9.84. The van der Waals surface area contributed by atoms with Gasteiger partial charge in [-0.3, -0.25) is 4.40 Å². The highest BCUT2D eigenvalue weighted by atomic mass is 16.6. The summed E-state index contributed by atoms with van der Waals surface area (Å²) in [5, 5.41) is 3.03. The zero-order valence-electron chi connectivity index (χ0n) is 19.2. The highest BCUT2D eigenvalue weighted by molar-refractivity contribution is 5.79. The lowest BCUT2D eigenvalue weighted by molar-refractivity contribution is 0.0491. The van der Waals surface area contributed by atoms with E-state index in [1.54, 1.807) is 0 Å². The third-order valence-electron chi connectivity index (χ3n) is 6.69. The number of carbonyl (C=O) groups excluding carboxylic acids is 1. The van der Waals surface area contributed by atoms with Crippen molar-refractivity contribution in [3.63, 3.8) is 0 Å². The van der Waals surface area contributed by atoms with Crippen LogP contribution < -0.4 is 5.32 Å². The smallest absolute Gasteiger partial charge is 0.407 e. The number of hydrogen-bond acceptors (Lipinski definition) is 5. The maximum Gasteiger partial charge on any atom is 0.407 e. The van der Waals surface area contributed by atoms with Crippen LogP contribution in [0.25, 0.3) is 16.8 Å². The van der Waals surface area contributed by atoms with Gasteiger partial charge in [0.15, 0.2) is 11.3 Å². The van der Waals surface area contributed by atoms with Crippen molar-refractivity contribution in [2.45, 2.75) is 82.8 Å². The molecular weight excluding hydrogens is 406 g/mol. The van der Waals surface area contributed by atoms with Gasteiger partial charge in [0, 0.05) is 37.6 Å². The number of hydrogen-bond donors (Lipinski definition) is 2. The third kappa shape index (κ3) is 4.33. The maximum absolute atomic E-state index is 12.1. The summed E-state index contributed by atoms with van der Waals surface area (Å²) in [5.74, 6) is 0.886. The van der Waals surface area contributed by atoms with E-state index < -0.39 is 5.60 Å². The number of rotatable bonds is 3. The summed E-state index contributed by atoms with van der Waals surface area (Å²) in [4.78, 5) is 25.0. The largest absolute Gasteiger partial charge is 0.444 e. The molecule has 0 spiro atoms. The van der Waals surface area contributed by atoms with Crippen molar-refractivity contribution in [2.75, 3.05) is 13.2 Å². The van der Waals surface area contributed by atoms with Crippen LogP contribution in [0.4, 0.5) is 4.79 Å². The van der Waals surface area contributed by atoms with Gasteiger partial charge in [-0.1, -0.05) is 0 Å². The van der Waals surface area contributed by atoms with Gasteiger partial charge in [0.25, 0.3) is 0 Å². The van der Waals surface area contributed by atoms with Gasteiger partial charge in [-0.05, 0) is 70.8 Å². The molecule has 0 atom stereocenters. The maximum atomic E-state index is 12.1. The summed E-state index contributed by atoms with van der Waals surface area (Å²) >= 11 is 0. The summed E-state index contributed by atoms with van der Waals surface area (Å²) < 4.78 is 13.2. The summed E-state index contributed by atoms with van der Waals surface area (Å²) in [6.45, 7) is 7.29. The number of nitrogens with zero attached hydrogens (tertiary/aromatic N) is 3. The molecule has 0 bridgehead atoms. The van der Waals surface area contributed by atoms with Crippen molar-refractivity contribution in [2.24, 2.45) is 0 Å². The van der Waals surface area contributed by atoms with Crippen LogP contribution in [0.2, 0.25) is 0 Å². The van der Waals surface area contributed by atoms with E-state index in [-0.39, 0.29) is 12.1 Å². The number of aromatic nitrogens is 4. The molecule has 4 heterocycles. The van der Waals surface area contributed by atoms with E-state index in [4.69, 9.17) is 14.5 Å². The molecule has 2 N–H and O–H groups in total. The van der Waals surface area contributed by atoms with Crippen LogP contribution in [0.5, 0.6) is 0 Å². The van der Waals surface area contributed by atoms with E-state index in [2.05, 4.69) is 32.1 Å². The van der Waals surface area contributed by atoms with Gasteiger partial charge in [0.1, 0.15) is 5.60 Å². The Hall–Kier alpha value is -2.61. The normalized spacial score (nSPS) is 23.0. The minimum absolute atomic E-state index is 0.163. The predicted molar refractivity (Wildman–Crippen MR) is 122 cm³/mol. The van der Waals surface area contributed by atoms with Gasteiger partial charge in [-0.15, -0.1) is 0 Å². The van der Waals surface area contributed by atoms with Crippen molar-refractivity contribution in [3.8, 4) is 0 Å². The van der Waals surface area contributed by atoms with Gasteiger partial charge in [-0.2, -0.15) is 0 Å². The van der Waals surface area contributed by atoms with E-state index in [0.29, 0.717) is 11.8 Å². The molecular formula is C24H33N5O3. The minimum atomic E-state index is -0.473. The minimum Gasteiger partial charge on any atom is -0.444 e. The summed E-state index contributed by atoms with van der Waals surface area (Å²) in [5.41, 5.74) is 4.92. The number of ether oxygens (including phenoxy) is 2. The van der Waals surface area contributed by atoms with Crippen LogP contribution in [0.1, 0.15) is 82.4 Å². The predicted octanol–water partition coefficient (Wildman–Crippen LogP) is 4.66. The molecule has 1 amide bonds. The number of fused-ring (bicyclic) bond motifs is 3. The molecule has 1 aliphatic heterocycles. The van der Waals surface area contributed by atoms with Crippen molar-refractivity contribution in [1.82, 2.24) is 24.7 Å². The van der Waals surface area contributed by atoms with Crippen LogP contribution in [-0.4, -0.2) is 50.3 Å². The van der Waals surface area contributed by atoms with E-state index in [0.717, 1.165) is 74.2 Å². The Morgan fingerprint density at radius 3 is 2.62 bits per heavy atom. The van der Waals surface area contributed by atoms with Crippen LogP contribution >= 0.6 is 0 Å². The molecule has 8 nitrogen and oxygen atoms in total. The number of amides is 1. The van der Waals surface area contributed by atoms with Crippen LogP contribution in [0.3, 0.4) is 0 Å². The first kappa shape index (κ1) is 21.2.